The summed E-state index contributed by atoms with van der Waals surface area (Å²) in [5, 5.41) is 10.9. The van der Waals surface area contributed by atoms with Crippen LogP contribution in [0.1, 0.15) is 23.1 Å². The monoisotopic (exact) mass is 455 g/mol. The predicted octanol–water partition coefficient (Wildman–Crippen LogP) is 5.12. The van der Waals surface area contributed by atoms with Gasteiger partial charge in [-0.05, 0) is 67.6 Å². The molecule has 1 fully saturated rings. The standard InChI is InChI=1S/C22H15BrFNO4/c1-12-2-11-17(29-12)19-18(20(26)13-3-7-15(24)8-4-13)21(27)22(28)25(19)16-9-5-14(23)6-10-16/h2-11,19,26H,1H3/b20-18-. The summed E-state index contributed by atoms with van der Waals surface area (Å²) < 4.78 is 19.8. The number of amides is 1. The van der Waals surface area contributed by atoms with E-state index in [9.17, 15) is 19.1 Å². The third kappa shape index (κ3) is 3.38. The van der Waals surface area contributed by atoms with Gasteiger partial charge >= 0.3 is 0 Å². The van der Waals surface area contributed by atoms with Crippen LogP contribution >= 0.6 is 15.9 Å². The van der Waals surface area contributed by atoms with Crippen molar-refractivity contribution >= 4 is 39.1 Å². The average molecular weight is 456 g/mol. The first-order valence-electron chi connectivity index (χ1n) is 8.75. The van der Waals surface area contributed by atoms with Crippen LogP contribution in [0.15, 0.2) is 75.1 Å². The van der Waals surface area contributed by atoms with Crippen molar-refractivity contribution in [3.8, 4) is 0 Å². The van der Waals surface area contributed by atoms with Crippen molar-refractivity contribution in [2.45, 2.75) is 13.0 Å². The molecule has 0 bridgehead atoms. The molecule has 2 heterocycles. The highest BCUT2D eigenvalue weighted by atomic mass is 79.9. The Morgan fingerprint density at radius 1 is 1.03 bits per heavy atom. The van der Waals surface area contributed by atoms with Crippen molar-refractivity contribution in [3.05, 3.63) is 93.6 Å². The minimum Gasteiger partial charge on any atom is -0.507 e. The number of benzene rings is 2. The summed E-state index contributed by atoms with van der Waals surface area (Å²) in [6.45, 7) is 1.75. The second-order valence-corrected chi connectivity index (χ2v) is 7.52. The predicted molar refractivity (Wildman–Crippen MR) is 109 cm³/mol. The van der Waals surface area contributed by atoms with Gasteiger partial charge in [0.05, 0.1) is 5.57 Å². The van der Waals surface area contributed by atoms with E-state index in [0.717, 1.165) is 4.47 Å². The third-order valence-electron chi connectivity index (χ3n) is 4.70. The highest BCUT2D eigenvalue weighted by Gasteiger charge is 2.48. The van der Waals surface area contributed by atoms with Crippen LogP contribution in [-0.2, 0) is 9.59 Å². The quantitative estimate of drug-likeness (QED) is 0.338. The molecule has 1 aliphatic heterocycles. The van der Waals surface area contributed by atoms with Gasteiger partial charge in [0.25, 0.3) is 11.7 Å². The van der Waals surface area contributed by atoms with E-state index in [-0.39, 0.29) is 16.9 Å². The number of hydrogen-bond acceptors (Lipinski definition) is 4. The zero-order valence-electron chi connectivity index (χ0n) is 15.2. The SMILES string of the molecule is Cc1ccc(C2/C(=C(/O)c3ccc(F)cc3)C(=O)C(=O)N2c2ccc(Br)cc2)o1. The van der Waals surface area contributed by atoms with E-state index in [1.165, 1.54) is 29.2 Å². The molecule has 1 aliphatic rings. The molecule has 0 aliphatic carbocycles. The Hall–Kier alpha value is -3.19. The average Bonchev–Trinajstić information content (AvgIpc) is 3.24. The zero-order chi connectivity index (χ0) is 20.7. The molecule has 7 heteroatoms. The van der Waals surface area contributed by atoms with Gasteiger partial charge in [-0.1, -0.05) is 15.9 Å². The Kier molecular flexibility index (Phi) is 4.84. The lowest BCUT2D eigenvalue weighted by Gasteiger charge is -2.23. The first-order chi connectivity index (χ1) is 13.9. The van der Waals surface area contributed by atoms with E-state index in [1.54, 1.807) is 43.3 Å². The van der Waals surface area contributed by atoms with Gasteiger partial charge in [0, 0.05) is 15.7 Å². The fourth-order valence-corrected chi connectivity index (χ4v) is 3.60. The van der Waals surface area contributed by atoms with Gasteiger partial charge in [-0.25, -0.2) is 4.39 Å². The van der Waals surface area contributed by atoms with Crippen molar-refractivity contribution in [1.29, 1.82) is 0 Å². The number of carbonyl (C=O) groups excluding carboxylic acids is 2. The maximum Gasteiger partial charge on any atom is 0.300 e. The maximum absolute atomic E-state index is 13.3. The second-order valence-electron chi connectivity index (χ2n) is 6.60. The molecule has 0 spiro atoms. The van der Waals surface area contributed by atoms with E-state index in [2.05, 4.69) is 15.9 Å². The molecule has 4 rings (SSSR count). The Labute approximate surface area is 174 Å². The van der Waals surface area contributed by atoms with Crippen LogP contribution in [0.25, 0.3) is 5.76 Å². The molecule has 146 valence electrons. The van der Waals surface area contributed by atoms with E-state index in [4.69, 9.17) is 4.42 Å². The molecule has 1 unspecified atom stereocenters. The number of hydrogen-bond donors (Lipinski definition) is 1. The van der Waals surface area contributed by atoms with Gasteiger partial charge in [-0.3, -0.25) is 14.5 Å². The molecule has 2 aromatic carbocycles. The largest absolute Gasteiger partial charge is 0.507 e. The molecule has 5 nitrogen and oxygen atoms in total. The minimum absolute atomic E-state index is 0.112. The number of halogens is 2. The van der Waals surface area contributed by atoms with Crippen molar-refractivity contribution < 1.29 is 23.5 Å². The summed E-state index contributed by atoms with van der Waals surface area (Å²) in [5.74, 6) is -1.54. The molecule has 1 N–H and O–H groups in total. The van der Waals surface area contributed by atoms with Crippen molar-refractivity contribution in [3.63, 3.8) is 0 Å². The Morgan fingerprint density at radius 2 is 1.69 bits per heavy atom. The van der Waals surface area contributed by atoms with Crippen LogP contribution in [0, 0.1) is 12.7 Å². The van der Waals surface area contributed by atoms with E-state index < -0.39 is 23.5 Å². The summed E-state index contributed by atoms with van der Waals surface area (Å²) in [4.78, 5) is 27.1. The van der Waals surface area contributed by atoms with Crippen molar-refractivity contribution in [1.82, 2.24) is 0 Å². The molecule has 1 atom stereocenters. The molecule has 0 radical (unpaired) electrons. The van der Waals surface area contributed by atoms with Crippen molar-refractivity contribution in [2.75, 3.05) is 4.90 Å². The number of ketones is 1. The molecule has 3 aromatic rings. The fraction of sp³-hybridized carbons (Fsp3) is 0.0909. The van der Waals surface area contributed by atoms with Gasteiger partial charge < -0.3 is 9.52 Å². The maximum atomic E-state index is 13.3. The lowest BCUT2D eigenvalue weighted by Crippen LogP contribution is -2.29. The van der Waals surface area contributed by atoms with E-state index in [1.807, 2.05) is 0 Å². The number of carbonyl (C=O) groups is 2. The first kappa shape index (κ1) is 19.1. The molecule has 1 saturated heterocycles. The normalized spacial score (nSPS) is 18.4. The second kappa shape index (κ2) is 7.33. The van der Waals surface area contributed by atoms with Crippen LogP contribution in [0.4, 0.5) is 10.1 Å². The van der Waals surface area contributed by atoms with Crippen LogP contribution < -0.4 is 4.90 Å². The number of anilines is 1. The molecule has 1 aromatic heterocycles. The Balaban J connectivity index is 1.92. The van der Waals surface area contributed by atoms with Gasteiger partial charge in [0.2, 0.25) is 0 Å². The first-order valence-corrected chi connectivity index (χ1v) is 9.55. The number of rotatable bonds is 3. The molecular formula is C22H15BrFNO4. The summed E-state index contributed by atoms with van der Waals surface area (Å²) in [7, 11) is 0. The van der Waals surface area contributed by atoms with Gasteiger partial charge in [0.1, 0.15) is 29.1 Å². The van der Waals surface area contributed by atoms with Crippen molar-refractivity contribution in [2.24, 2.45) is 0 Å². The summed E-state index contributed by atoms with van der Waals surface area (Å²) >= 11 is 3.35. The van der Waals surface area contributed by atoms with E-state index in [0.29, 0.717) is 17.2 Å². The van der Waals surface area contributed by atoms with Crippen LogP contribution in [0.3, 0.4) is 0 Å². The minimum atomic E-state index is -0.949. The fourth-order valence-electron chi connectivity index (χ4n) is 3.33. The topological polar surface area (TPSA) is 70.8 Å². The third-order valence-corrected chi connectivity index (χ3v) is 5.23. The summed E-state index contributed by atoms with van der Waals surface area (Å²) in [5.41, 5.74) is 0.597. The van der Waals surface area contributed by atoms with Gasteiger partial charge in [0.15, 0.2) is 0 Å². The highest BCUT2D eigenvalue weighted by molar-refractivity contribution is 9.10. The number of nitrogens with zero attached hydrogens (tertiary/aromatic N) is 1. The number of aliphatic hydroxyl groups is 1. The number of furan rings is 1. The molecular weight excluding hydrogens is 441 g/mol. The molecule has 29 heavy (non-hydrogen) atoms. The zero-order valence-corrected chi connectivity index (χ0v) is 16.8. The number of aliphatic hydroxyl groups excluding tert-OH is 1. The number of Topliss-reactive ketones (excluding diaryl/α,β-unsaturated/α-hetero) is 1. The Bertz CT molecular complexity index is 1130. The number of aryl methyl sites for hydroxylation is 1. The summed E-state index contributed by atoms with van der Waals surface area (Å²) in [6.07, 6.45) is 0. The Morgan fingerprint density at radius 3 is 2.28 bits per heavy atom. The van der Waals surface area contributed by atoms with Gasteiger partial charge in [-0.15, -0.1) is 0 Å². The van der Waals surface area contributed by atoms with Crippen LogP contribution in [-0.4, -0.2) is 16.8 Å². The highest BCUT2D eigenvalue weighted by Crippen LogP contribution is 2.42. The summed E-state index contributed by atoms with van der Waals surface area (Å²) in [6, 6.07) is 14.4. The lowest BCUT2D eigenvalue weighted by atomic mass is 9.99. The van der Waals surface area contributed by atoms with Crippen LogP contribution in [0.2, 0.25) is 0 Å². The van der Waals surface area contributed by atoms with E-state index >= 15 is 0 Å². The molecule has 1 amide bonds. The smallest absolute Gasteiger partial charge is 0.300 e. The molecule has 0 saturated carbocycles. The lowest BCUT2D eigenvalue weighted by molar-refractivity contribution is -0.132. The van der Waals surface area contributed by atoms with Gasteiger partial charge in [-0.2, -0.15) is 0 Å². The van der Waals surface area contributed by atoms with Crippen LogP contribution in [0.5, 0.6) is 0 Å².